The molecule has 0 saturated carbocycles. The van der Waals surface area contributed by atoms with Crippen LogP contribution in [0.15, 0.2) is 36.4 Å². The summed E-state index contributed by atoms with van der Waals surface area (Å²) in [7, 11) is 3.72. The van der Waals surface area contributed by atoms with Crippen molar-refractivity contribution in [3.05, 3.63) is 52.0 Å². The molecule has 0 aromatic heterocycles. The molecule has 0 spiro atoms. The van der Waals surface area contributed by atoms with Crippen LogP contribution >= 0.6 is 23.2 Å². The molecule has 0 saturated heterocycles. The van der Waals surface area contributed by atoms with E-state index in [2.05, 4.69) is 16.0 Å². The number of nitrogens with zero attached hydrogens (tertiary/aromatic N) is 1. The third kappa shape index (κ3) is 6.04. The van der Waals surface area contributed by atoms with Gasteiger partial charge in [0.2, 0.25) is 0 Å². The fraction of sp³-hybridized carbons (Fsp3) is 0.300. The lowest BCUT2D eigenvalue weighted by atomic mass is 10.1. The second kappa shape index (κ2) is 9.66. The van der Waals surface area contributed by atoms with Crippen LogP contribution in [0, 0.1) is 5.92 Å². The fourth-order valence-electron chi connectivity index (χ4n) is 2.45. The van der Waals surface area contributed by atoms with E-state index < -0.39 is 6.03 Å². The average molecular weight is 423 g/mol. The number of rotatable bonds is 6. The molecule has 2 aromatic carbocycles. The molecule has 0 atom stereocenters. The summed E-state index contributed by atoms with van der Waals surface area (Å²) in [6, 6.07) is 9.48. The van der Waals surface area contributed by atoms with E-state index in [9.17, 15) is 9.59 Å². The highest BCUT2D eigenvalue weighted by Crippen LogP contribution is 2.26. The van der Waals surface area contributed by atoms with Gasteiger partial charge < -0.3 is 20.9 Å². The number of anilines is 3. The van der Waals surface area contributed by atoms with E-state index in [1.54, 1.807) is 36.4 Å². The molecule has 0 heterocycles. The van der Waals surface area contributed by atoms with Crippen molar-refractivity contribution in [2.75, 3.05) is 36.2 Å². The van der Waals surface area contributed by atoms with Crippen LogP contribution in [0.1, 0.15) is 24.2 Å². The zero-order valence-corrected chi connectivity index (χ0v) is 17.8. The Labute approximate surface area is 175 Å². The number of urea groups is 1. The Bertz CT molecular complexity index is 869. The fourth-order valence-corrected chi connectivity index (χ4v) is 2.91. The predicted molar refractivity (Wildman–Crippen MR) is 117 cm³/mol. The molecular weight excluding hydrogens is 399 g/mol. The van der Waals surface area contributed by atoms with Gasteiger partial charge in [0.1, 0.15) is 0 Å². The van der Waals surface area contributed by atoms with Gasteiger partial charge in [0.25, 0.3) is 5.91 Å². The molecule has 2 aromatic rings. The number of hydrogen-bond donors (Lipinski definition) is 3. The third-order valence-electron chi connectivity index (χ3n) is 3.83. The zero-order chi connectivity index (χ0) is 20.8. The first-order chi connectivity index (χ1) is 13.2. The van der Waals surface area contributed by atoms with Gasteiger partial charge in [0, 0.05) is 37.0 Å². The van der Waals surface area contributed by atoms with Gasteiger partial charge in [0.05, 0.1) is 16.3 Å². The van der Waals surface area contributed by atoms with Crippen LogP contribution in [0.3, 0.4) is 0 Å². The number of hydrogen-bond acceptors (Lipinski definition) is 3. The maximum Gasteiger partial charge on any atom is 0.323 e. The van der Waals surface area contributed by atoms with E-state index in [1.807, 2.05) is 32.8 Å². The first-order valence-electron chi connectivity index (χ1n) is 8.80. The quantitative estimate of drug-likeness (QED) is 0.606. The molecule has 0 aliphatic rings. The molecule has 0 aliphatic carbocycles. The van der Waals surface area contributed by atoms with Crippen molar-refractivity contribution in [3.8, 4) is 0 Å². The van der Waals surface area contributed by atoms with E-state index >= 15 is 0 Å². The number of amides is 3. The smallest absolute Gasteiger partial charge is 0.323 e. The summed E-state index contributed by atoms with van der Waals surface area (Å²) in [6.45, 7) is 4.62. The van der Waals surface area contributed by atoms with Crippen molar-refractivity contribution >= 4 is 52.2 Å². The van der Waals surface area contributed by atoms with Gasteiger partial charge >= 0.3 is 6.03 Å². The van der Waals surface area contributed by atoms with Gasteiger partial charge in [-0.3, -0.25) is 4.79 Å². The zero-order valence-electron chi connectivity index (χ0n) is 16.3. The van der Waals surface area contributed by atoms with Crippen LogP contribution < -0.4 is 20.9 Å². The van der Waals surface area contributed by atoms with E-state index in [0.717, 1.165) is 5.69 Å². The van der Waals surface area contributed by atoms with Crippen molar-refractivity contribution in [1.29, 1.82) is 0 Å². The third-order valence-corrected chi connectivity index (χ3v) is 4.38. The molecule has 3 N–H and O–H groups in total. The van der Waals surface area contributed by atoms with E-state index in [4.69, 9.17) is 23.2 Å². The van der Waals surface area contributed by atoms with Gasteiger partial charge in [0.15, 0.2) is 0 Å². The molecule has 3 amide bonds. The van der Waals surface area contributed by atoms with Crippen molar-refractivity contribution in [2.24, 2.45) is 5.92 Å². The Kier molecular flexibility index (Phi) is 7.54. The van der Waals surface area contributed by atoms with E-state index in [-0.39, 0.29) is 5.91 Å². The minimum Gasteiger partial charge on any atom is -0.377 e. The summed E-state index contributed by atoms with van der Waals surface area (Å²) in [5, 5.41) is 9.09. The summed E-state index contributed by atoms with van der Waals surface area (Å²) < 4.78 is 0. The Morgan fingerprint density at radius 2 is 1.75 bits per heavy atom. The summed E-state index contributed by atoms with van der Waals surface area (Å²) in [5.41, 5.74) is 2.16. The lowest BCUT2D eigenvalue weighted by molar-refractivity contribution is 0.0949. The van der Waals surface area contributed by atoms with Gasteiger partial charge in [-0.2, -0.15) is 0 Å². The average Bonchev–Trinajstić information content (AvgIpc) is 2.61. The van der Waals surface area contributed by atoms with Crippen molar-refractivity contribution in [2.45, 2.75) is 13.8 Å². The van der Waals surface area contributed by atoms with E-state index in [1.165, 1.54) is 0 Å². The van der Waals surface area contributed by atoms with Gasteiger partial charge in [-0.1, -0.05) is 37.0 Å². The minimum atomic E-state index is -0.477. The van der Waals surface area contributed by atoms with Crippen LogP contribution in [0.25, 0.3) is 0 Å². The van der Waals surface area contributed by atoms with Crippen LogP contribution in [-0.4, -0.2) is 32.6 Å². The molecule has 0 aliphatic heterocycles. The molecular formula is C20H24Cl2N4O2. The predicted octanol–water partition coefficient (Wildman–Crippen LogP) is 5.09. The van der Waals surface area contributed by atoms with Crippen molar-refractivity contribution in [3.63, 3.8) is 0 Å². The summed E-state index contributed by atoms with van der Waals surface area (Å²) in [6.07, 6.45) is 0. The standard InChI is InChI=1S/C20H24Cl2N4O2/c1-12(2)11-23-19(27)15-10-14(6-8-18(15)26(3)4)24-20(28)25-17-7-5-13(21)9-16(17)22/h5-10,12H,11H2,1-4H3,(H,23,27)(H2,24,25,28). The molecule has 6 nitrogen and oxygen atoms in total. The molecule has 0 fully saturated rings. The summed E-state index contributed by atoms with van der Waals surface area (Å²) in [4.78, 5) is 26.7. The van der Waals surface area contributed by atoms with Crippen LogP contribution in [-0.2, 0) is 0 Å². The van der Waals surface area contributed by atoms with Crippen molar-refractivity contribution < 1.29 is 9.59 Å². The maximum atomic E-state index is 12.6. The normalized spacial score (nSPS) is 10.5. The molecule has 0 bridgehead atoms. The minimum absolute atomic E-state index is 0.192. The molecule has 28 heavy (non-hydrogen) atoms. The molecule has 8 heteroatoms. The molecule has 2 rings (SSSR count). The van der Waals surface area contributed by atoms with Gasteiger partial charge in [-0.25, -0.2) is 4.79 Å². The maximum absolute atomic E-state index is 12.6. The SMILES string of the molecule is CC(C)CNC(=O)c1cc(NC(=O)Nc2ccc(Cl)cc2Cl)ccc1N(C)C. The summed E-state index contributed by atoms with van der Waals surface area (Å²) >= 11 is 11.9. The highest BCUT2D eigenvalue weighted by atomic mass is 35.5. The highest BCUT2D eigenvalue weighted by Gasteiger charge is 2.15. The topological polar surface area (TPSA) is 73.5 Å². The Hall–Kier alpha value is -2.44. The Morgan fingerprint density at radius 3 is 2.36 bits per heavy atom. The largest absolute Gasteiger partial charge is 0.377 e. The number of nitrogens with one attached hydrogen (secondary N) is 3. The lowest BCUT2D eigenvalue weighted by Crippen LogP contribution is -2.29. The lowest BCUT2D eigenvalue weighted by Gasteiger charge is -2.19. The number of carbonyl (C=O) groups is 2. The number of halogens is 2. The Balaban J connectivity index is 2.17. The Morgan fingerprint density at radius 1 is 1.04 bits per heavy atom. The van der Waals surface area contributed by atoms with Crippen LogP contribution in [0.2, 0.25) is 10.0 Å². The first-order valence-corrected chi connectivity index (χ1v) is 9.55. The van der Waals surface area contributed by atoms with Gasteiger partial charge in [-0.05, 0) is 42.3 Å². The molecule has 150 valence electrons. The molecule has 0 unspecified atom stereocenters. The second-order valence-corrected chi connectivity index (χ2v) is 7.78. The first kappa shape index (κ1) is 21.9. The van der Waals surface area contributed by atoms with Crippen molar-refractivity contribution in [1.82, 2.24) is 5.32 Å². The van der Waals surface area contributed by atoms with Crippen LogP contribution in [0.4, 0.5) is 21.9 Å². The summed E-state index contributed by atoms with van der Waals surface area (Å²) in [5.74, 6) is 0.144. The number of benzene rings is 2. The van der Waals surface area contributed by atoms with Gasteiger partial charge in [-0.15, -0.1) is 0 Å². The monoisotopic (exact) mass is 422 g/mol. The second-order valence-electron chi connectivity index (χ2n) is 6.93. The van der Waals surface area contributed by atoms with Crippen LogP contribution in [0.5, 0.6) is 0 Å². The number of carbonyl (C=O) groups excluding carboxylic acids is 2. The highest BCUT2D eigenvalue weighted by molar-refractivity contribution is 6.36. The molecule has 0 radical (unpaired) electrons. The van der Waals surface area contributed by atoms with E-state index in [0.29, 0.717) is 39.4 Å².